The summed E-state index contributed by atoms with van der Waals surface area (Å²) in [6, 6.07) is 2.34. The number of aromatic nitrogens is 3. The molecule has 2 unspecified atom stereocenters. The van der Waals surface area contributed by atoms with E-state index in [0.717, 1.165) is 48.4 Å². The van der Waals surface area contributed by atoms with Crippen LogP contribution in [0.25, 0.3) is 11.2 Å². The Hall–Kier alpha value is -2.11. The lowest BCUT2D eigenvalue weighted by molar-refractivity contribution is -0.124. The molecule has 6 heteroatoms. The van der Waals surface area contributed by atoms with Gasteiger partial charge in [0.1, 0.15) is 5.52 Å². The van der Waals surface area contributed by atoms with Gasteiger partial charge in [-0.2, -0.15) is 0 Å². The number of nitrogens with zero attached hydrogens (tertiary/aromatic N) is 3. The highest BCUT2D eigenvalue weighted by Gasteiger charge is 2.31. The van der Waals surface area contributed by atoms with Crippen molar-refractivity contribution in [3.63, 3.8) is 0 Å². The second-order valence-corrected chi connectivity index (χ2v) is 6.22. The van der Waals surface area contributed by atoms with E-state index in [1.807, 2.05) is 26.2 Å². The second-order valence-electron chi connectivity index (χ2n) is 6.22. The maximum absolute atomic E-state index is 12.1. The van der Waals surface area contributed by atoms with E-state index >= 15 is 0 Å². The molecule has 2 aromatic rings. The third-order valence-corrected chi connectivity index (χ3v) is 4.55. The molecular formula is C17H25N5O. The van der Waals surface area contributed by atoms with Crippen LogP contribution in [0.3, 0.4) is 0 Å². The lowest BCUT2D eigenvalue weighted by Gasteiger charge is -2.14. The summed E-state index contributed by atoms with van der Waals surface area (Å²) in [5, 5.41) is 6.30. The summed E-state index contributed by atoms with van der Waals surface area (Å²) in [5.41, 5.74) is 3.85. The average Bonchev–Trinajstić information content (AvgIpc) is 3.13. The van der Waals surface area contributed by atoms with Crippen molar-refractivity contribution in [2.24, 2.45) is 5.92 Å². The standard InChI is InChI=1S/C17H25N5O/c1-4-18-14-8-11(3)21-16-15(14)20-10-22(16)13-7-6-12(9-13)17(23)19-5-2/h8,10,12-13H,4-7,9H2,1-3H3,(H,18,21)(H,19,23). The van der Waals surface area contributed by atoms with E-state index in [0.29, 0.717) is 12.6 Å². The van der Waals surface area contributed by atoms with Crippen LogP contribution in [0.1, 0.15) is 44.8 Å². The highest BCUT2D eigenvalue weighted by molar-refractivity contribution is 5.86. The topological polar surface area (TPSA) is 71.8 Å². The fourth-order valence-electron chi connectivity index (χ4n) is 3.49. The Morgan fingerprint density at radius 2 is 2.17 bits per heavy atom. The molecule has 1 aliphatic rings. The number of aryl methyl sites for hydroxylation is 1. The minimum absolute atomic E-state index is 0.107. The number of carbonyl (C=O) groups excluding carboxylic acids is 1. The molecule has 1 fully saturated rings. The van der Waals surface area contributed by atoms with E-state index in [1.165, 1.54) is 0 Å². The number of fused-ring (bicyclic) bond motifs is 1. The molecule has 124 valence electrons. The van der Waals surface area contributed by atoms with Crippen molar-refractivity contribution in [1.82, 2.24) is 19.9 Å². The van der Waals surface area contributed by atoms with E-state index in [2.05, 4.69) is 32.1 Å². The van der Waals surface area contributed by atoms with Crippen LogP contribution in [0.2, 0.25) is 0 Å². The third kappa shape index (κ3) is 3.02. The SMILES string of the molecule is CCNC(=O)C1CCC(n2cnc3c(NCC)cc(C)nc32)C1. The first-order valence-corrected chi connectivity index (χ1v) is 8.49. The summed E-state index contributed by atoms with van der Waals surface area (Å²) in [6.07, 6.45) is 4.67. The first-order chi connectivity index (χ1) is 11.1. The van der Waals surface area contributed by atoms with Gasteiger partial charge in [0.05, 0.1) is 12.0 Å². The Labute approximate surface area is 136 Å². The lowest BCUT2D eigenvalue weighted by Crippen LogP contribution is -2.29. The predicted octanol–water partition coefficient (Wildman–Crippen LogP) is 2.65. The number of carbonyl (C=O) groups is 1. The van der Waals surface area contributed by atoms with Crippen LogP contribution in [0, 0.1) is 12.8 Å². The number of hydrogen-bond acceptors (Lipinski definition) is 4. The summed E-state index contributed by atoms with van der Waals surface area (Å²) in [4.78, 5) is 21.3. The Morgan fingerprint density at radius 1 is 1.35 bits per heavy atom. The highest BCUT2D eigenvalue weighted by Crippen LogP contribution is 2.37. The molecule has 0 saturated heterocycles. The molecule has 2 aromatic heterocycles. The molecule has 0 aliphatic heterocycles. The highest BCUT2D eigenvalue weighted by atomic mass is 16.1. The smallest absolute Gasteiger partial charge is 0.223 e. The lowest BCUT2D eigenvalue weighted by atomic mass is 10.1. The second kappa shape index (κ2) is 6.56. The maximum Gasteiger partial charge on any atom is 0.223 e. The van der Waals surface area contributed by atoms with Crippen LogP contribution in [0.4, 0.5) is 5.69 Å². The Balaban J connectivity index is 1.88. The van der Waals surface area contributed by atoms with Crippen LogP contribution >= 0.6 is 0 Å². The zero-order valence-corrected chi connectivity index (χ0v) is 14.1. The van der Waals surface area contributed by atoms with E-state index in [4.69, 9.17) is 0 Å². The number of imidazole rings is 1. The quantitative estimate of drug-likeness (QED) is 0.890. The molecule has 1 amide bonds. The normalized spacial score (nSPS) is 20.8. The largest absolute Gasteiger partial charge is 0.383 e. The molecular weight excluding hydrogens is 290 g/mol. The van der Waals surface area contributed by atoms with Crippen molar-refractivity contribution in [2.45, 2.75) is 46.1 Å². The minimum Gasteiger partial charge on any atom is -0.383 e. The van der Waals surface area contributed by atoms with Crippen molar-refractivity contribution >= 4 is 22.8 Å². The number of hydrogen-bond donors (Lipinski definition) is 2. The number of pyridine rings is 1. The molecule has 6 nitrogen and oxygen atoms in total. The number of amides is 1. The minimum atomic E-state index is 0.107. The molecule has 0 aromatic carbocycles. The van der Waals surface area contributed by atoms with Gasteiger partial charge in [0, 0.05) is 30.7 Å². The number of anilines is 1. The monoisotopic (exact) mass is 315 g/mol. The molecule has 1 saturated carbocycles. The first-order valence-electron chi connectivity index (χ1n) is 8.49. The maximum atomic E-state index is 12.1. The molecule has 2 heterocycles. The van der Waals surface area contributed by atoms with Gasteiger partial charge >= 0.3 is 0 Å². The molecule has 0 bridgehead atoms. The first kappa shape index (κ1) is 15.8. The van der Waals surface area contributed by atoms with Crippen molar-refractivity contribution in [3.8, 4) is 0 Å². The summed E-state index contributed by atoms with van der Waals surface area (Å²) in [5.74, 6) is 0.285. The van der Waals surface area contributed by atoms with E-state index in [9.17, 15) is 4.79 Å². The van der Waals surface area contributed by atoms with Crippen molar-refractivity contribution < 1.29 is 4.79 Å². The summed E-state index contributed by atoms with van der Waals surface area (Å²) in [7, 11) is 0. The van der Waals surface area contributed by atoms with Crippen LogP contribution in [0.5, 0.6) is 0 Å². The van der Waals surface area contributed by atoms with Crippen LogP contribution in [0.15, 0.2) is 12.4 Å². The van der Waals surface area contributed by atoms with Crippen LogP contribution in [-0.4, -0.2) is 33.5 Å². The molecule has 2 N–H and O–H groups in total. The Morgan fingerprint density at radius 3 is 2.91 bits per heavy atom. The molecule has 2 atom stereocenters. The van der Waals surface area contributed by atoms with E-state index in [1.54, 1.807) is 0 Å². The van der Waals surface area contributed by atoms with Gasteiger partial charge < -0.3 is 15.2 Å². The summed E-state index contributed by atoms with van der Waals surface area (Å²) in [6.45, 7) is 7.59. The van der Waals surface area contributed by atoms with Gasteiger partial charge in [0.25, 0.3) is 0 Å². The van der Waals surface area contributed by atoms with Gasteiger partial charge in [-0.15, -0.1) is 0 Å². The van der Waals surface area contributed by atoms with Crippen LogP contribution < -0.4 is 10.6 Å². The van der Waals surface area contributed by atoms with Crippen molar-refractivity contribution in [2.75, 3.05) is 18.4 Å². The average molecular weight is 315 g/mol. The fourth-order valence-corrected chi connectivity index (χ4v) is 3.49. The zero-order chi connectivity index (χ0) is 16.4. The van der Waals surface area contributed by atoms with Crippen LogP contribution in [-0.2, 0) is 4.79 Å². The van der Waals surface area contributed by atoms with Crippen molar-refractivity contribution in [1.29, 1.82) is 0 Å². The van der Waals surface area contributed by atoms with E-state index < -0.39 is 0 Å². The van der Waals surface area contributed by atoms with Gasteiger partial charge in [-0.05, 0) is 46.1 Å². The Bertz CT molecular complexity index is 708. The molecule has 23 heavy (non-hydrogen) atoms. The zero-order valence-electron chi connectivity index (χ0n) is 14.1. The molecule has 3 rings (SSSR count). The number of rotatable bonds is 5. The fraction of sp³-hybridized carbons (Fsp3) is 0.588. The van der Waals surface area contributed by atoms with Gasteiger partial charge in [0.15, 0.2) is 5.65 Å². The number of nitrogens with one attached hydrogen (secondary N) is 2. The molecule has 0 spiro atoms. The van der Waals surface area contributed by atoms with Gasteiger partial charge in [0.2, 0.25) is 5.91 Å². The van der Waals surface area contributed by atoms with Gasteiger partial charge in [-0.3, -0.25) is 4.79 Å². The third-order valence-electron chi connectivity index (χ3n) is 4.55. The van der Waals surface area contributed by atoms with Gasteiger partial charge in [-0.1, -0.05) is 0 Å². The molecule has 1 aliphatic carbocycles. The Kier molecular flexibility index (Phi) is 4.50. The summed E-state index contributed by atoms with van der Waals surface area (Å²) >= 11 is 0. The van der Waals surface area contributed by atoms with Gasteiger partial charge in [-0.25, -0.2) is 9.97 Å². The van der Waals surface area contributed by atoms with Crippen molar-refractivity contribution in [3.05, 3.63) is 18.1 Å². The molecule has 0 radical (unpaired) electrons. The summed E-state index contributed by atoms with van der Waals surface area (Å²) < 4.78 is 2.16. The predicted molar refractivity (Wildman–Crippen MR) is 91.5 cm³/mol. The van der Waals surface area contributed by atoms with E-state index in [-0.39, 0.29) is 11.8 Å².